The van der Waals surface area contributed by atoms with E-state index in [0.717, 1.165) is 23.1 Å². The number of hydrogen-bond acceptors (Lipinski definition) is 7. The Labute approximate surface area is 147 Å². The molecule has 1 amide bonds. The Kier molecular flexibility index (Phi) is 6.00. The van der Waals surface area contributed by atoms with Crippen LogP contribution in [0.4, 0.5) is 5.00 Å². The number of carbonyl (C=O) groups excluding carboxylic acids is 2. The Bertz CT molecular complexity index is 804. The van der Waals surface area contributed by atoms with Crippen LogP contribution < -0.4 is 5.32 Å². The number of carbonyl (C=O) groups is 2. The van der Waals surface area contributed by atoms with Crippen molar-refractivity contribution in [2.45, 2.75) is 32.2 Å². The minimum atomic E-state index is -0.462. The molecule has 0 unspecified atom stereocenters. The number of thiophene rings is 1. The molecule has 0 saturated heterocycles. The quantitative estimate of drug-likeness (QED) is 0.480. The number of nitrogens with zero attached hydrogens (tertiary/aromatic N) is 3. The fraction of sp³-hybridized carbons (Fsp3) is 0.333. The van der Waals surface area contributed by atoms with E-state index in [1.54, 1.807) is 30.8 Å². The van der Waals surface area contributed by atoms with Crippen molar-refractivity contribution in [1.82, 2.24) is 9.78 Å². The van der Waals surface area contributed by atoms with Gasteiger partial charge >= 0.3 is 5.97 Å². The summed E-state index contributed by atoms with van der Waals surface area (Å²) in [5.41, 5.74) is 0.896. The molecule has 0 saturated carbocycles. The Morgan fingerprint density at radius 2 is 2.25 bits per heavy atom. The van der Waals surface area contributed by atoms with Crippen LogP contribution in [-0.2, 0) is 11.3 Å². The second kappa shape index (κ2) is 7.99. The van der Waals surface area contributed by atoms with E-state index in [1.165, 1.54) is 0 Å². The molecule has 126 valence electrons. The molecule has 2 aromatic rings. The highest BCUT2D eigenvalue weighted by Gasteiger charge is 2.23. The summed E-state index contributed by atoms with van der Waals surface area (Å²) in [6, 6.07) is 1.61. The molecule has 0 aromatic carbocycles. The van der Waals surface area contributed by atoms with Crippen LogP contribution in [0.5, 0.6) is 0 Å². The highest BCUT2D eigenvalue weighted by molar-refractivity contribution is 8.04. The van der Waals surface area contributed by atoms with Crippen LogP contribution in [0, 0.1) is 17.6 Å². The number of esters is 1. The lowest BCUT2D eigenvalue weighted by Crippen LogP contribution is -2.13. The van der Waals surface area contributed by atoms with Crippen molar-refractivity contribution in [3.05, 3.63) is 28.4 Å². The average Bonchev–Trinajstić information content (AvgIpc) is 3.15. The van der Waals surface area contributed by atoms with Crippen LogP contribution in [0.25, 0.3) is 0 Å². The van der Waals surface area contributed by atoms with Gasteiger partial charge in [-0.25, -0.2) is 4.79 Å². The summed E-state index contributed by atoms with van der Waals surface area (Å²) in [6.07, 6.45) is 1.71. The first kappa shape index (κ1) is 18.0. The van der Waals surface area contributed by atoms with Gasteiger partial charge in [-0.15, -0.1) is 11.3 Å². The Balaban J connectivity index is 2.31. The van der Waals surface area contributed by atoms with Crippen LogP contribution in [0.3, 0.4) is 0 Å². The molecule has 0 aliphatic heterocycles. The van der Waals surface area contributed by atoms with E-state index in [0.29, 0.717) is 26.9 Å². The number of rotatable bonds is 6. The number of nitriles is 1. The second-order valence-electron chi connectivity index (χ2n) is 4.64. The maximum Gasteiger partial charge on any atom is 0.348 e. The van der Waals surface area contributed by atoms with Crippen molar-refractivity contribution < 1.29 is 14.3 Å². The molecular weight excluding hydrogens is 348 g/mol. The van der Waals surface area contributed by atoms with Gasteiger partial charge in [-0.05, 0) is 44.2 Å². The van der Waals surface area contributed by atoms with Gasteiger partial charge in [-0.3, -0.25) is 9.48 Å². The standard InChI is InChI=1S/C15H16N4O3S2/c1-4-19-7-6-10(18-19)13(20)17-14-11(23-8-16)9(3)12(24-14)15(21)22-5-2/h6-7H,4-5H2,1-3H3,(H,17,20). The second-order valence-corrected chi connectivity index (χ2v) is 6.45. The van der Waals surface area contributed by atoms with Gasteiger partial charge < -0.3 is 10.1 Å². The number of hydrogen-bond donors (Lipinski definition) is 1. The molecule has 2 aromatic heterocycles. The zero-order valence-electron chi connectivity index (χ0n) is 13.5. The van der Waals surface area contributed by atoms with Crippen LogP contribution >= 0.6 is 23.1 Å². The fourth-order valence-corrected chi connectivity index (χ4v) is 3.76. The van der Waals surface area contributed by atoms with Gasteiger partial charge in [0, 0.05) is 12.7 Å². The largest absolute Gasteiger partial charge is 0.462 e. The third kappa shape index (κ3) is 3.77. The van der Waals surface area contributed by atoms with E-state index in [9.17, 15) is 9.59 Å². The summed E-state index contributed by atoms with van der Waals surface area (Å²) < 4.78 is 6.66. The lowest BCUT2D eigenvalue weighted by atomic mass is 10.3. The van der Waals surface area contributed by atoms with E-state index < -0.39 is 11.9 Å². The van der Waals surface area contributed by atoms with E-state index in [4.69, 9.17) is 10.00 Å². The van der Waals surface area contributed by atoms with Gasteiger partial charge in [0.25, 0.3) is 5.91 Å². The predicted molar refractivity (Wildman–Crippen MR) is 92.3 cm³/mol. The van der Waals surface area contributed by atoms with Gasteiger partial charge in [0.05, 0.1) is 11.5 Å². The van der Waals surface area contributed by atoms with Crippen molar-refractivity contribution in [2.75, 3.05) is 11.9 Å². The molecule has 7 nitrogen and oxygen atoms in total. The number of thioether (sulfide) groups is 1. The molecule has 0 aliphatic carbocycles. The van der Waals surface area contributed by atoms with Crippen molar-refractivity contribution in [3.8, 4) is 5.40 Å². The van der Waals surface area contributed by atoms with Crippen molar-refractivity contribution in [2.24, 2.45) is 0 Å². The third-order valence-corrected chi connectivity index (χ3v) is 5.25. The molecule has 9 heteroatoms. The maximum atomic E-state index is 12.3. The molecule has 24 heavy (non-hydrogen) atoms. The summed E-state index contributed by atoms with van der Waals surface area (Å²) in [5, 5.41) is 18.3. The van der Waals surface area contributed by atoms with Crippen molar-refractivity contribution in [3.63, 3.8) is 0 Å². The molecule has 0 radical (unpaired) electrons. The molecule has 1 N–H and O–H groups in total. The summed E-state index contributed by atoms with van der Waals surface area (Å²) in [4.78, 5) is 25.3. The van der Waals surface area contributed by atoms with Crippen molar-refractivity contribution >= 4 is 40.0 Å². The third-order valence-electron chi connectivity index (χ3n) is 3.12. The van der Waals surface area contributed by atoms with Crippen LogP contribution in [0.2, 0.25) is 0 Å². The van der Waals surface area contributed by atoms with Crippen LogP contribution in [-0.4, -0.2) is 28.3 Å². The average molecular weight is 364 g/mol. The van der Waals surface area contributed by atoms with Crippen LogP contribution in [0.1, 0.15) is 39.6 Å². The monoisotopic (exact) mass is 364 g/mol. The maximum absolute atomic E-state index is 12.3. The van der Waals surface area contributed by atoms with Gasteiger partial charge in [0.15, 0.2) is 5.69 Å². The molecule has 0 spiro atoms. The lowest BCUT2D eigenvalue weighted by Gasteiger charge is -2.02. The SMILES string of the molecule is CCOC(=O)c1sc(NC(=O)c2ccn(CC)n2)c(SC#N)c1C. The number of thiocyanates is 1. The molecule has 2 rings (SSSR count). The number of amides is 1. The summed E-state index contributed by atoms with van der Waals surface area (Å²) in [5.74, 6) is -0.853. The van der Waals surface area contributed by atoms with Crippen molar-refractivity contribution in [1.29, 1.82) is 5.26 Å². The minimum Gasteiger partial charge on any atom is -0.462 e. The fourth-order valence-electron chi connectivity index (χ4n) is 1.97. The van der Waals surface area contributed by atoms with E-state index in [1.807, 2.05) is 12.3 Å². The highest BCUT2D eigenvalue weighted by atomic mass is 32.2. The number of nitrogens with one attached hydrogen (secondary N) is 1. The van der Waals surface area contributed by atoms with Gasteiger partial charge in [0.2, 0.25) is 0 Å². The molecule has 0 fully saturated rings. The van der Waals surface area contributed by atoms with Gasteiger partial charge in [-0.2, -0.15) is 10.4 Å². The van der Waals surface area contributed by atoms with E-state index in [-0.39, 0.29) is 12.3 Å². The summed E-state index contributed by atoms with van der Waals surface area (Å²) >= 11 is 2.00. The first-order valence-electron chi connectivity index (χ1n) is 7.23. The summed E-state index contributed by atoms with van der Waals surface area (Å²) in [7, 11) is 0. The van der Waals surface area contributed by atoms with Crippen LogP contribution in [0.15, 0.2) is 17.2 Å². The van der Waals surface area contributed by atoms with E-state index in [2.05, 4.69) is 10.4 Å². The number of ether oxygens (including phenoxy) is 1. The van der Waals surface area contributed by atoms with Gasteiger partial charge in [0.1, 0.15) is 15.3 Å². The molecule has 0 aliphatic rings. The topological polar surface area (TPSA) is 97.0 Å². The minimum absolute atomic E-state index is 0.257. The van der Waals surface area contributed by atoms with E-state index >= 15 is 0 Å². The first-order valence-corrected chi connectivity index (χ1v) is 8.86. The Hall–Kier alpha value is -2.31. The Morgan fingerprint density at radius 1 is 1.50 bits per heavy atom. The predicted octanol–water partition coefficient (Wildman–Crippen LogP) is 3.28. The zero-order chi connectivity index (χ0) is 17.7. The first-order chi connectivity index (χ1) is 11.5. The lowest BCUT2D eigenvalue weighted by molar-refractivity contribution is 0.0531. The Morgan fingerprint density at radius 3 is 2.83 bits per heavy atom. The number of aromatic nitrogens is 2. The molecule has 0 bridgehead atoms. The molecule has 0 atom stereocenters. The smallest absolute Gasteiger partial charge is 0.348 e. The molecule has 2 heterocycles. The van der Waals surface area contributed by atoms with Gasteiger partial charge in [-0.1, -0.05) is 0 Å². The number of anilines is 1. The number of aryl methyl sites for hydroxylation is 1. The zero-order valence-corrected chi connectivity index (χ0v) is 15.1. The summed E-state index contributed by atoms with van der Waals surface area (Å²) in [6.45, 7) is 6.29. The normalized spacial score (nSPS) is 10.2. The highest BCUT2D eigenvalue weighted by Crippen LogP contribution is 2.40. The molecular formula is C15H16N4O3S2.